The summed E-state index contributed by atoms with van der Waals surface area (Å²) in [5, 5.41) is 43.7. The van der Waals surface area contributed by atoms with E-state index < -0.39 is 36.4 Å². The first-order valence-corrected chi connectivity index (χ1v) is 11.8. The topological polar surface area (TPSA) is 138 Å². The molecule has 35 heavy (non-hydrogen) atoms. The third kappa shape index (κ3) is 7.16. The summed E-state index contributed by atoms with van der Waals surface area (Å²) in [4.78, 5) is 12.8. The van der Waals surface area contributed by atoms with E-state index in [1.807, 2.05) is 30.3 Å². The van der Waals surface area contributed by atoms with Crippen LogP contribution in [0.15, 0.2) is 48.5 Å². The average Bonchev–Trinajstić information content (AvgIpc) is 2.87. The Labute approximate surface area is 205 Å². The van der Waals surface area contributed by atoms with Crippen LogP contribution in [0.3, 0.4) is 0 Å². The predicted octanol–water partition coefficient (Wildman–Crippen LogP) is 1.47. The number of benzene rings is 2. The summed E-state index contributed by atoms with van der Waals surface area (Å²) in [6.45, 7) is 1.88. The molecule has 3 rings (SSSR count). The zero-order valence-corrected chi connectivity index (χ0v) is 20.0. The first-order valence-electron chi connectivity index (χ1n) is 11.8. The highest BCUT2D eigenvalue weighted by atomic mass is 16.5. The van der Waals surface area contributed by atoms with Gasteiger partial charge in [0, 0.05) is 6.04 Å². The molecule has 5 N–H and O–H groups in total. The van der Waals surface area contributed by atoms with E-state index in [0.29, 0.717) is 18.6 Å². The van der Waals surface area contributed by atoms with Gasteiger partial charge in [0.1, 0.15) is 24.4 Å². The van der Waals surface area contributed by atoms with Crippen LogP contribution < -0.4 is 10.1 Å². The molecule has 0 saturated carbocycles. The number of nitrogens with one attached hydrogen (secondary N) is 1. The van der Waals surface area contributed by atoms with Crippen LogP contribution >= 0.6 is 0 Å². The molecule has 1 heterocycles. The maximum Gasteiger partial charge on any atom is 0.327 e. The molecule has 9 nitrogen and oxygen atoms in total. The normalized spacial score (nSPS) is 23.9. The van der Waals surface area contributed by atoms with Gasteiger partial charge >= 0.3 is 5.97 Å². The Kier molecular flexibility index (Phi) is 9.88. The van der Waals surface area contributed by atoms with Crippen LogP contribution in [0.2, 0.25) is 0 Å². The lowest BCUT2D eigenvalue weighted by atomic mass is 9.92. The molecule has 192 valence electrons. The number of carbonyl (C=O) groups is 1. The van der Waals surface area contributed by atoms with Crippen LogP contribution in [0, 0.1) is 0 Å². The predicted molar refractivity (Wildman–Crippen MR) is 128 cm³/mol. The van der Waals surface area contributed by atoms with Gasteiger partial charge in [0.2, 0.25) is 0 Å². The number of aromatic hydroxyl groups is 1. The van der Waals surface area contributed by atoms with Gasteiger partial charge in [-0.1, -0.05) is 36.4 Å². The average molecular weight is 490 g/mol. The van der Waals surface area contributed by atoms with Crippen molar-refractivity contribution >= 4 is 5.97 Å². The number of rotatable bonds is 11. The molecular weight excluding hydrogens is 454 g/mol. The second-order valence-corrected chi connectivity index (χ2v) is 8.66. The Morgan fingerprint density at radius 2 is 1.89 bits per heavy atom. The Bertz CT molecular complexity index is 940. The zero-order chi connectivity index (χ0) is 25.4. The minimum absolute atomic E-state index is 0.0450. The maximum absolute atomic E-state index is 12.8. The van der Waals surface area contributed by atoms with Crippen molar-refractivity contribution in [2.45, 2.75) is 62.7 Å². The molecule has 0 radical (unpaired) electrons. The SMILES string of the molecule is CCOC(=O)C(NC(CCc1ccc(O)c(OC)c1)CC1OCC(O)C(O)C1O)c1ccccc1. The van der Waals surface area contributed by atoms with E-state index in [4.69, 9.17) is 14.2 Å². The Balaban J connectivity index is 1.82. The van der Waals surface area contributed by atoms with Gasteiger partial charge in [-0.2, -0.15) is 0 Å². The van der Waals surface area contributed by atoms with Crippen LogP contribution in [-0.4, -0.2) is 77.2 Å². The first-order chi connectivity index (χ1) is 16.8. The lowest BCUT2D eigenvalue weighted by Crippen LogP contribution is -2.54. The summed E-state index contributed by atoms with van der Waals surface area (Å²) in [5.41, 5.74) is 1.65. The number of aryl methyl sites for hydroxylation is 1. The monoisotopic (exact) mass is 489 g/mol. The van der Waals surface area contributed by atoms with E-state index in [2.05, 4.69) is 5.32 Å². The molecule has 6 unspecified atom stereocenters. The molecular formula is C26H35NO8. The molecule has 2 aromatic carbocycles. The molecule has 1 saturated heterocycles. The third-order valence-electron chi connectivity index (χ3n) is 6.21. The van der Waals surface area contributed by atoms with E-state index in [0.717, 1.165) is 11.1 Å². The van der Waals surface area contributed by atoms with Crippen molar-refractivity contribution in [3.05, 3.63) is 59.7 Å². The molecule has 1 aliphatic heterocycles. The standard InChI is InChI=1S/C26H35NO8/c1-3-34-26(32)23(17-7-5-4-6-8-17)27-18(14-22-25(31)24(30)20(29)15-35-22)11-9-16-10-12-19(28)21(13-16)33-2/h4-8,10,12-13,18,20,22-25,27-31H,3,9,11,14-15H2,1-2H3. The lowest BCUT2D eigenvalue weighted by molar-refractivity contribution is -0.190. The van der Waals surface area contributed by atoms with Gasteiger partial charge in [0.15, 0.2) is 11.5 Å². The number of aliphatic hydroxyl groups excluding tert-OH is 3. The van der Waals surface area contributed by atoms with Gasteiger partial charge in [-0.3, -0.25) is 5.32 Å². The van der Waals surface area contributed by atoms with Crippen molar-refractivity contribution in [1.29, 1.82) is 0 Å². The number of esters is 1. The maximum atomic E-state index is 12.8. The molecule has 1 fully saturated rings. The minimum atomic E-state index is -1.31. The zero-order valence-electron chi connectivity index (χ0n) is 20.0. The quantitative estimate of drug-likeness (QED) is 0.297. The van der Waals surface area contributed by atoms with Crippen molar-refractivity contribution in [2.24, 2.45) is 0 Å². The van der Waals surface area contributed by atoms with Crippen molar-refractivity contribution in [1.82, 2.24) is 5.32 Å². The van der Waals surface area contributed by atoms with Crippen molar-refractivity contribution in [3.8, 4) is 11.5 Å². The molecule has 0 aromatic heterocycles. The summed E-state index contributed by atoms with van der Waals surface area (Å²) in [5.74, 6) is -0.0111. The number of methoxy groups -OCH3 is 1. The van der Waals surface area contributed by atoms with Crippen LogP contribution in [0.1, 0.15) is 36.9 Å². The summed E-state index contributed by atoms with van der Waals surface area (Å²) in [6, 6.07) is 13.2. The summed E-state index contributed by atoms with van der Waals surface area (Å²) in [6.07, 6.45) is -3.08. The van der Waals surface area contributed by atoms with Crippen molar-refractivity contribution in [2.75, 3.05) is 20.3 Å². The summed E-state index contributed by atoms with van der Waals surface area (Å²) >= 11 is 0. The summed E-state index contributed by atoms with van der Waals surface area (Å²) < 4.78 is 16.1. The highest BCUT2D eigenvalue weighted by Crippen LogP contribution is 2.28. The molecule has 9 heteroatoms. The molecule has 6 atom stereocenters. The second-order valence-electron chi connectivity index (χ2n) is 8.66. The number of phenolic OH excluding ortho intramolecular Hbond substituents is 1. The van der Waals surface area contributed by atoms with Crippen molar-refractivity contribution in [3.63, 3.8) is 0 Å². The van der Waals surface area contributed by atoms with Crippen LogP contribution in [-0.2, 0) is 20.7 Å². The van der Waals surface area contributed by atoms with Gasteiger partial charge in [-0.05, 0) is 49.4 Å². The molecule has 1 aliphatic rings. The second kappa shape index (κ2) is 12.9. The van der Waals surface area contributed by atoms with Crippen LogP contribution in [0.5, 0.6) is 11.5 Å². The fourth-order valence-electron chi connectivity index (χ4n) is 4.25. The van der Waals surface area contributed by atoms with Crippen LogP contribution in [0.4, 0.5) is 0 Å². The number of phenols is 1. The van der Waals surface area contributed by atoms with E-state index in [1.165, 1.54) is 7.11 Å². The molecule has 0 aliphatic carbocycles. The molecule has 2 aromatic rings. The lowest BCUT2D eigenvalue weighted by Gasteiger charge is -2.37. The Morgan fingerprint density at radius 1 is 1.14 bits per heavy atom. The van der Waals surface area contributed by atoms with Crippen LogP contribution in [0.25, 0.3) is 0 Å². The van der Waals surface area contributed by atoms with Gasteiger partial charge in [0.25, 0.3) is 0 Å². The fraction of sp³-hybridized carbons (Fsp3) is 0.500. The molecule has 0 spiro atoms. The molecule has 0 amide bonds. The van der Waals surface area contributed by atoms with Crippen molar-refractivity contribution < 1.29 is 39.4 Å². The van der Waals surface area contributed by atoms with Gasteiger partial charge < -0.3 is 34.6 Å². The smallest absolute Gasteiger partial charge is 0.327 e. The Morgan fingerprint density at radius 3 is 2.57 bits per heavy atom. The van der Waals surface area contributed by atoms with E-state index in [9.17, 15) is 25.2 Å². The number of hydrogen-bond acceptors (Lipinski definition) is 9. The van der Waals surface area contributed by atoms with E-state index in [-0.39, 0.29) is 31.4 Å². The van der Waals surface area contributed by atoms with E-state index >= 15 is 0 Å². The first kappa shape index (κ1) is 26.9. The number of ether oxygens (including phenoxy) is 3. The van der Waals surface area contributed by atoms with E-state index in [1.54, 1.807) is 25.1 Å². The minimum Gasteiger partial charge on any atom is -0.504 e. The Hall–Kier alpha value is -2.69. The number of hydrogen-bond donors (Lipinski definition) is 5. The number of aliphatic hydroxyl groups is 3. The fourth-order valence-corrected chi connectivity index (χ4v) is 4.25. The van der Waals surface area contributed by atoms with Gasteiger partial charge in [-0.25, -0.2) is 4.79 Å². The molecule has 0 bridgehead atoms. The number of carbonyl (C=O) groups excluding carboxylic acids is 1. The van der Waals surface area contributed by atoms with Gasteiger partial charge in [-0.15, -0.1) is 0 Å². The summed E-state index contributed by atoms with van der Waals surface area (Å²) in [7, 11) is 1.48. The largest absolute Gasteiger partial charge is 0.504 e. The highest BCUT2D eigenvalue weighted by Gasteiger charge is 2.39. The highest BCUT2D eigenvalue weighted by molar-refractivity contribution is 5.77. The third-order valence-corrected chi connectivity index (χ3v) is 6.21. The van der Waals surface area contributed by atoms with Gasteiger partial charge in [0.05, 0.1) is 26.4 Å².